The first-order valence-corrected chi connectivity index (χ1v) is 9.72. The molecule has 0 unspecified atom stereocenters. The van der Waals surface area contributed by atoms with Crippen LogP contribution in [0.25, 0.3) is 5.69 Å². The number of carbonyl (C=O) groups is 1. The molecule has 0 aliphatic carbocycles. The van der Waals surface area contributed by atoms with Crippen LogP contribution in [0.4, 0.5) is 5.69 Å². The zero-order valence-corrected chi connectivity index (χ0v) is 17.3. The van der Waals surface area contributed by atoms with Crippen LogP contribution in [0.3, 0.4) is 0 Å². The van der Waals surface area contributed by atoms with Gasteiger partial charge in [0.1, 0.15) is 5.69 Å². The van der Waals surface area contributed by atoms with Crippen LogP contribution in [0.2, 0.25) is 0 Å². The Kier molecular flexibility index (Phi) is 6.88. The van der Waals surface area contributed by atoms with E-state index in [2.05, 4.69) is 10.4 Å². The van der Waals surface area contributed by atoms with Crippen LogP contribution in [0.15, 0.2) is 65.5 Å². The molecule has 9 nitrogen and oxygen atoms in total. The van der Waals surface area contributed by atoms with Gasteiger partial charge < -0.3 is 10.2 Å². The number of nitrogens with one attached hydrogen (secondary N) is 1. The molecule has 31 heavy (non-hydrogen) atoms. The second kappa shape index (κ2) is 9.77. The molecule has 3 aromatic rings. The van der Waals surface area contributed by atoms with Gasteiger partial charge in [0.05, 0.1) is 4.92 Å². The predicted octanol–water partition coefficient (Wildman–Crippen LogP) is 2.31. The monoisotopic (exact) mass is 421 g/mol. The van der Waals surface area contributed by atoms with E-state index in [1.54, 1.807) is 19.1 Å². The molecule has 0 spiro atoms. The molecule has 1 aromatic heterocycles. The number of aromatic nitrogens is 2. The lowest BCUT2D eigenvalue weighted by molar-refractivity contribution is -0.384. The lowest BCUT2D eigenvalue weighted by Crippen LogP contribution is -2.36. The molecule has 1 N–H and O–H groups in total. The summed E-state index contributed by atoms with van der Waals surface area (Å²) in [4.78, 5) is 37.8. The third-order valence-electron chi connectivity index (χ3n) is 4.70. The highest BCUT2D eigenvalue weighted by Crippen LogP contribution is 2.22. The van der Waals surface area contributed by atoms with Crippen molar-refractivity contribution in [1.82, 2.24) is 20.0 Å². The SMILES string of the molecule is Cc1cc(=O)c(C(=O)NCCN(C)Cc2ccccc2)nn1-c1ccccc1[N+](=O)[O-]. The molecule has 160 valence electrons. The Labute approximate surface area is 179 Å². The molecule has 1 heterocycles. The summed E-state index contributed by atoms with van der Waals surface area (Å²) < 4.78 is 1.25. The van der Waals surface area contributed by atoms with E-state index in [0.717, 1.165) is 12.1 Å². The van der Waals surface area contributed by atoms with Crippen LogP contribution in [0.5, 0.6) is 0 Å². The van der Waals surface area contributed by atoms with Gasteiger partial charge in [-0.2, -0.15) is 5.10 Å². The van der Waals surface area contributed by atoms with Gasteiger partial charge >= 0.3 is 0 Å². The van der Waals surface area contributed by atoms with Gasteiger partial charge in [-0.15, -0.1) is 0 Å². The number of amides is 1. The molecule has 1 amide bonds. The summed E-state index contributed by atoms with van der Waals surface area (Å²) in [7, 11) is 1.94. The van der Waals surface area contributed by atoms with Gasteiger partial charge in [-0.05, 0) is 25.6 Å². The molecule has 0 saturated heterocycles. The van der Waals surface area contributed by atoms with Gasteiger partial charge in [0.25, 0.3) is 11.6 Å². The van der Waals surface area contributed by atoms with Crippen molar-refractivity contribution in [3.8, 4) is 5.69 Å². The van der Waals surface area contributed by atoms with Crippen molar-refractivity contribution < 1.29 is 9.72 Å². The van der Waals surface area contributed by atoms with E-state index in [9.17, 15) is 19.7 Å². The van der Waals surface area contributed by atoms with E-state index in [4.69, 9.17) is 0 Å². The van der Waals surface area contributed by atoms with Gasteiger partial charge in [0, 0.05) is 37.5 Å². The highest BCUT2D eigenvalue weighted by atomic mass is 16.6. The van der Waals surface area contributed by atoms with Crippen molar-refractivity contribution in [3.05, 3.63) is 98.0 Å². The minimum absolute atomic E-state index is 0.171. The van der Waals surface area contributed by atoms with Gasteiger partial charge in [0.15, 0.2) is 5.69 Å². The molecule has 3 rings (SSSR count). The summed E-state index contributed by atoms with van der Waals surface area (Å²) in [5.41, 5.74) is 0.705. The van der Waals surface area contributed by atoms with Gasteiger partial charge in [-0.25, -0.2) is 4.68 Å². The predicted molar refractivity (Wildman–Crippen MR) is 116 cm³/mol. The van der Waals surface area contributed by atoms with E-state index in [1.165, 1.54) is 22.9 Å². The summed E-state index contributed by atoms with van der Waals surface area (Å²) in [6, 6.07) is 17.2. The molecule has 0 aliphatic rings. The lowest BCUT2D eigenvalue weighted by Gasteiger charge is -2.17. The van der Waals surface area contributed by atoms with E-state index in [0.29, 0.717) is 18.8 Å². The maximum Gasteiger partial charge on any atom is 0.294 e. The molecule has 0 radical (unpaired) electrons. The first-order valence-electron chi connectivity index (χ1n) is 9.72. The number of para-hydroxylation sites is 2. The minimum Gasteiger partial charge on any atom is -0.349 e. The molecule has 0 bridgehead atoms. The van der Waals surface area contributed by atoms with Crippen molar-refractivity contribution in [1.29, 1.82) is 0 Å². The number of nitro benzene ring substituents is 1. The largest absolute Gasteiger partial charge is 0.349 e. The molecule has 9 heteroatoms. The fourth-order valence-electron chi connectivity index (χ4n) is 3.16. The third kappa shape index (κ3) is 5.40. The Balaban J connectivity index is 1.73. The Hall–Kier alpha value is -3.85. The number of aryl methyl sites for hydroxylation is 1. The first-order chi connectivity index (χ1) is 14.9. The highest BCUT2D eigenvalue weighted by Gasteiger charge is 2.20. The van der Waals surface area contributed by atoms with E-state index in [1.807, 2.05) is 42.3 Å². The number of nitrogens with zero attached hydrogens (tertiary/aromatic N) is 4. The van der Waals surface area contributed by atoms with Crippen molar-refractivity contribution in [2.75, 3.05) is 20.1 Å². The Bertz CT molecular complexity index is 1140. The number of hydrogen-bond donors (Lipinski definition) is 1. The summed E-state index contributed by atoms with van der Waals surface area (Å²) in [5, 5.41) is 18.2. The molecule has 0 saturated carbocycles. The van der Waals surface area contributed by atoms with Crippen LogP contribution in [0, 0.1) is 17.0 Å². The molecular weight excluding hydrogens is 398 g/mol. The molecular formula is C22H23N5O4. The maximum absolute atomic E-state index is 12.6. The van der Waals surface area contributed by atoms with Crippen molar-refractivity contribution in [2.24, 2.45) is 0 Å². The zero-order valence-electron chi connectivity index (χ0n) is 17.3. The molecule has 0 fully saturated rings. The Morgan fingerprint density at radius 3 is 2.55 bits per heavy atom. The van der Waals surface area contributed by atoms with Gasteiger partial charge in [-0.1, -0.05) is 42.5 Å². The number of nitro groups is 1. The van der Waals surface area contributed by atoms with Crippen molar-refractivity contribution in [3.63, 3.8) is 0 Å². The Morgan fingerprint density at radius 2 is 1.84 bits per heavy atom. The van der Waals surface area contributed by atoms with Crippen LogP contribution in [-0.4, -0.2) is 45.6 Å². The summed E-state index contributed by atoms with van der Waals surface area (Å²) >= 11 is 0. The zero-order chi connectivity index (χ0) is 22.4. The van der Waals surface area contributed by atoms with E-state index in [-0.39, 0.29) is 17.1 Å². The average Bonchev–Trinajstić information content (AvgIpc) is 2.74. The Morgan fingerprint density at radius 1 is 1.16 bits per heavy atom. The fourth-order valence-corrected chi connectivity index (χ4v) is 3.16. The van der Waals surface area contributed by atoms with E-state index < -0.39 is 16.3 Å². The number of likely N-dealkylation sites (N-methyl/N-ethyl adjacent to an activating group) is 1. The number of benzene rings is 2. The van der Waals surface area contributed by atoms with Gasteiger partial charge in [0.2, 0.25) is 5.43 Å². The normalized spacial score (nSPS) is 10.8. The first kappa shape index (κ1) is 21.8. The van der Waals surface area contributed by atoms with E-state index >= 15 is 0 Å². The highest BCUT2D eigenvalue weighted by molar-refractivity contribution is 5.92. The smallest absolute Gasteiger partial charge is 0.294 e. The lowest BCUT2D eigenvalue weighted by atomic mass is 10.2. The number of hydrogen-bond acceptors (Lipinski definition) is 6. The second-order valence-corrected chi connectivity index (χ2v) is 7.14. The maximum atomic E-state index is 12.6. The molecule has 0 aliphatic heterocycles. The molecule has 2 aromatic carbocycles. The van der Waals surface area contributed by atoms with Crippen LogP contribution in [0.1, 0.15) is 21.7 Å². The van der Waals surface area contributed by atoms with Crippen LogP contribution in [-0.2, 0) is 6.54 Å². The summed E-state index contributed by atoms with van der Waals surface area (Å²) in [6.45, 7) is 3.23. The van der Waals surface area contributed by atoms with Crippen LogP contribution >= 0.6 is 0 Å². The molecule has 0 atom stereocenters. The van der Waals surface area contributed by atoms with Crippen LogP contribution < -0.4 is 10.7 Å². The second-order valence-electron chi connectivity index (χ2n) is 7.14. The quantitative estimate of drug-likeness (QED) is 0.441. The van der Waals surface area contributed by atoms with Crippen molar-refractivity contribution in [2.45, 2.75) is 13.5 Å². The topological polar surface area (TPSA) is 110 Å². The third-order valence-corrected chi connectivity index (χ3v) is 4.70. The number of rotatable bonds is 8. The standard InChI is InChI=1S/C22H23N5O4/c1-16-14-20(28)21(24-26(16)18-10-6-7-11-19(18)27(30)31)22(29)23-12-13-25(2)15-17-8-4-3-5-9-17/h3-11,14H,12-13,15H2,1-2H3,(H,23,29). The van der Waals surface area contributed by atoms with Crippen molar-refractivity contribution >= 4 is 11.6 Å². The summed E-state index contributed by atoms with van der Waals surface area (Å²) in [6.07, 6.45) is 0. The fraction of sp³-hybridized carbons (Fsp3) is 0.227. The summed E-state index contributed by atoms with van der Waals surface area (Å²) in [5.74, 6) is -0.620. The number of carbonyl (C=O) groups excluding carboxylic acids is 1. The van der Waals surface area contributed by atoms with Gasteiger partial charge in [-0.3, -0.25) is 19.7 Å². The average molecular weight is 421 g/mol. The minimum atomic E-state index is -0.620.